The Labute approximate surface area is 143 Å². The van der Waals surface area contributed by atoms with Crippen molar-refractivity contribution in [2.45, 2.75) is 31.1 Å². The highest BCUT2D eigenvalue weighted by molar-refractivity contribution is 7.87. The minimum Gasteiger partial charge on any atom is -0.378 e. The van der Waals surface area contributed by atoms with Crippen LogP contribution in [0.4, 0.5) is 0 Å². The summed E-state index contributed by atoms with van der Waals surface area (Å²) in [6.45, 7) is 4.23. The zero-order valence-electron chi connectivity index (χ0n) is 13.8. The third-order valence-corrected chi connectivity index (χ3v) is 5.55. The minimum absolute atomic E-state index is 0.169. The summed E-state index contributed by atoms with van der Waals surface area (Å²) < 4.78 is 30.5. The Morgan fingerprint density at radius 3 is 2.29 bits per heavy atom. The summed E-state index contributed by atoms with van der Waals surface area (Å²) in [4.78, 5) is 0.169. The van der Waals surface area contributed by atoms with Crippen molar-refractivity contribution in [1.82, 2.24) is 0 Å². The lowest BCUT2D eigenvalue weighted by Gasteiger charge is -2.12. The SMILES string of the molecule is CCC(C)c1ccc(S(=O)(=O)Oc2cccc3ccccc23)cc1. The van der Waals surface area contributed by atoms with Crippen molar-refractivity contribution >= 4 is 20.9 Å². The highest BCUT2D eigenvalue weighted by atomic mass is 32.2. The molecule has 0 aliphatic rings. The molecule has 0 aliphatic carbocycles. The zero-order chi connectivity index (χ0) is 17.2. The third-order valence-electron chi connectivity index (χ3n) is 4.30. The van der Waals surface area contributed by atoms with Crippen LogP contribution in [0.25, 0.3) is 10.8 Å². The van der Waals surface area contributed by atoms with Crippen LogP contribution >= 0.6 is 0 Å². The molecule has 0 amide bonds. The number of rotatable bonds is 5. The Morgan fingerprint density at radius 2 is 1.58 bits per heavy atom. The van der Waals surface area contributed by atoms with E-state index in [2.05, 4.69) is 13.8 Å². The first-order valence-corrected chi connectivity index (χ1v) is 9.44. The van der Waals surface area contributed by atoms with Crippen LogP contribution < -0.4 is 4.18 Å². The normalized spacial score (nSPS) is 12.9. The topological polar surface area (TPSA) is 43.4 Å². The average molecular weight is 340 g/mol. The van der Waals surface area contributed by atoms with E-state index in [4.69, 9.17) is 4.18 Å². The van der Waals surface area contributed by atoms with E-state index >= 15 is 0 Å². The molecule has 1 unspecified atom stereocenters. The van der Waals surface area contributed by atoms with Gasteiger partial charge in [0.1, 0.15) is 4.90 Å². The van der Waals surface area contributed by atoms with Gasteiger partial charge in [0.05, 0.1) is 0 Å². The zero-order valence-corrected chi connectivity index (χ0v) is 14.6. The number of hydrogen-bond acceptors (Lipinski definition) is 3. The number of hydrogen-bond donors (Lipinski definition) is 0. The Balaban J connectivity index is 1.93. The van der Waals surface area contributed by atoms with Crippen LogP contribution in [0.15, 0.2) is 71.6 Å². The lowest BCUT2D eigenvalue weighted by Crippen LogP contribution is -2.10. The summed E-state index contributed by atoms with van der Waals surface area (Å²) >= 11 is 0. The van der Waals surface area contributed by atoms with Gasteiger partial charge in [0.25, 0.3) is 0 Å². The lowest BCUT2D eigenvalue weighted by molar-refractivity contribution is 0.488. The first-order valence-electron chi connectivity index (χ1n) is 8.03. The molecule has 3 aromatic carbocycles. The van der Waals surface area contributed by atoms with E-state index in [1.165, 1.54) is 0 Å². The fourth-order valence-electron chi connectivity index (χ4n) is 2.63. The second-order valence-corrected chi connectivity index (χ2v) is 7.44. The van der Waals surface area contributed by atoms with Gasteiger partial charge >= 0.3 is 10.1 Å². The highest BCUT2D eigenvalue weighted by Gasteiger charge is 2.18. The fourth-order valence-corrected chi connectivity index (χ4v) is 3.58. The molecule has 0 heterocycles. The van der Waals surface area contributed by atoms with Crippen LogP contribution in [0.2, 0.25) is 0 Å². The predicted molar refractivity (Wildman–Crippen MR) is 96.9 cm³/mol. The molecular formula is C20H20O3S. The van der Waals surface area contributed by atoms with Gasteiger partial charge in [-0.1, -0.05) is 62.4 Å². The van der Waals surface area contributed by atoms with Gasteiger partial charge < -0.3 is 4.18 Å². The first-order chi connectivity index (χ1) is 11.5. The van der Waals surface area contributed by atoms with Crippen LogP contribution in [0, 0.1) is 0 Å². The van der Waals surface area contributed by atoms with E-state index in [-0.39, 0.29) is 4.90 Å². The van der Waals surface area contributed by atoms with E-state index in [9.17, 15) is 8.42 Å². The smallest absolute Gasteiger partial charge is 0.339 e. The van der Waals surface area contributed by atoms with Crippen LogP contribution in [0.1, 0.15) is 31.7 Å². The number of fused-ring (bicyclic) bond motifs is 1. The molecule has 0 radical (unpaired) electrons. The van der Waals surface area contributed by atoms with Gasteiger partial charge in [0.15, 0.2) is 5.75 Å². The molecule has 4 heteroatoms. The minimum atomic E-state index is -3.85. The average Bonchev–Trinajstić information content (AvgIpc) is 2.61. The Hall–Kier alpha value is -2.33. The molecule has 0 aliphatic heterocycles. The summed E-state index contributed by atoms with van der Waals surface area (Å²) in [7, 11) is -3.85. The quantitative estimate of drug-likeness (QED) is 0.605. The molecule has 0 saturated heterocycles. The van der Waals surface area contributed by atoms with Gasteiger partial charge in [-0.15, -0.1) is 0 Å². The van der Waals surface area contributed by atoms with Crippen molar-refractivity contribution in [3.63, 3.8) is 0 Å². The largest absolute Gasteiger partial charge is 0.378 e. The molecule has 1 atom stereocenters. The summed E-state index contributed by atoms with van der Waals surface area (Å²) in [6.07, 6.45) is 1.01. The molecule has 0 spiro atoms. The monoisotopic (exact) mass is 340 g/mol. The third kappa shape index (κ3) is 3.29. The van der Waals surface area contributed by atoms with E-state index in [0.29, 0.717) is 11.7 Å². The molecule has 0 aromatic heterocycles. The van der Waals surface area contributed by atoms with Crippen LogP contribution in [0.5, 0.6) is 5.75 Å². The Kier molecular flexibility index (Phi) is 4.58. The van der Waals surface area contributed by atoms with Crippen molar-refractivity contribution in [2.24, 2.45) is 0 Å². The second kappa shape index (κ2) is 6.65. The first kappa shape index (κ1) is 16.5. The molecule has 24 heavy (non-hydrogen) atoms. The van der Waals surface area contributed by atoms with Crippen molar-refractivity contribution in [3.05, 3.63) is 72.3 Å². The molecule has 0 fully saturated rings. The van der Waals surface area contributed by atoms with Crippen LogP contribution in [-0.2, 0) is 10.1 Å². The maximum Gasteiger partial charge on any atom is 0.339 e. The molecule has 3 rings (SSSR count). The lowest BCUT2D eigenvalue weighted by atomic mass is 9.99. The molecular weight excluding hydrogens is 320 g/mol. The maximum absolute atomic E-state index is 12.6. The fraction of sp³-hybridized carbons (Fsp3) is 0.200. The van der Waals surface area contributed by atoms with E-state index in [0.717, 1.165) is 22.8 Å². The standard InChI is InChI=1S/C20H20O3S/c1-3-15(2)16-11-13-18(14-12-16)24(21,22)23-20-10-6-8-17-7-4-5-9-19(17)20/h4-15H,3H2,1-2H3. The Morgan fingerprint density at radius 1 is 0.917 bits per heavy atom. The van der Waals surface area contributed by atoms with Gasteiger partial charge in [0, 0.05) is 5.39 Å². The van der Waals surface area contributed by atoms with Gasteiger partial charge in [-0.2, -0.15) is 8.42 Å². The summed E-state index contributed by atoms with van der Waals surface area (Å²) in [5.41, 5.74) is 1.13. The van der Waals surface area contributed by atoms with Gasteiger partial charge in [0.2, 0.25) is 0 Å². The Bertz CT molecular complexity index is 939. The maximum atomic E-state index is 12.6. The van der Waals surface area contributed by atoms with Gasteiger partial charge in [-0.25, -0.2) is 0 Å². The van der Waals surface area contributed by atoms with E-state index in [1.807, 2.05) is 42.5 Å². The predicted octanol–water partition coefficient (Wildman–Crippen LogP) is 5.12. The highest BCUT2D eigenvalue weighted by Crippen LogP contribution is 2.28. The molecule has 0 N–H and O–H groups in total. The summed E-state index contributed by atoms with van der Waals surface area (Å²) in [5.74, 6) is 0.750. The van der Waals surface area contributed by atoms with Crippen molar-refractivity contribution in [2.75, 3.05) is 0 Å². The van der Waals surface area contributed by atoms with Crippen LogP contribution in [0.3, 0.4) is 0 Å². The molecule has 3 nitrogen and oxygen atoms in total. The second-order valence-electron chi connectivity index (χ2n) is 5.89. The molecule has 0 saturated carbocycles. The molecule has 124 valence electrons. The van der Waals surface area contributed by atoms with E-state index < -0.39 is 10.1 Å². The van der Waals surface area contributed by atoms with Crippen molar-refractivity contribution < 1.29 is 12.6 Å². The van der Waals surface area contributed by atoms with Crippen molar-refractivity contribution in [1.29, 1.82) is 0 Å². The summed E-state index contributed by atoms with van der Waals surface area (Å²) in [6, 6.07) is 19.9. The molecule has 3 aromatic rings. The van der Waals surface area contributed by atoms with Crippen LogP contribution in [-0.4, -0.2) is 8.42 Å². The van der Waals surface area contributed by atoms with E-state index in [1.54, 1.807) is 24.3 Å². The summed E-state index contributed by atoms with van der Waals surface area (Å²) in [5, 5.41) is 1.72. The van der Waals surface area contributed by atoms with Gasteiger partial charge in [-0.05, 0) is 41.5 Å². The number of benzene rings is 3. The van der Waals surface area contributed by atoms with Crippen molar-refractivity contribution in [3.8, 4) is 5.75 Å². The van der Waals surface area contributed by atoms with Gasteiger partial charge in [-0.3, -0.25) is 0 Å². The molecule has 0 bridgehead atoms.